The summed E-state index contributed by atoms with van der Waals surface area (Å²) in [6, 6.07) is 10.1. The normalized spacial score (nSPS) is 20.1. The second-order valence-corrected chi connectivity index (χ2v) is 6.67. The Kier molecular flexibility index (Phi) is 4.50. The molecule has 1 aromatic heterocycles. The molecule has 25 heavy (non-hydrogen) atoms. The van der Waals surface area contributed by atoms with E-state index in [-0.39, 0.29) is 12.1 Å². The third-order valence-corrected chi connectivity index (χ3v) is 4.94. The van der Waals surface area contributed by atoms with Gasteiger partial charge in [0.15, 0.2) is 0 Å². The number of hydrogen-bond donors (Lipinski definition) is 1. The summed E-state index contributed by atoms with van der Waals surface area (Å²) >= 11 is 0. The molecule has 3 heterocycles. The first-order chi connectivity index (χ1) is 12.3. The van der Waals surface area contributed by atoms with Crippen LogP contribution in [0.25, 0.3) is 0 Å². The molecular weight excluding hydrogens is 314 g/mol. The van der Waals surface area contributed by atoms with Crippen molar-refractivity contribution in [1.82, 2.24) is 15.3 Å². The predicted molar refractivity (Wildman–Crippen MR) is 97.9 cm³/mol. The minimum Gasteiger partial charge on any atom is -0.339 e. The topological polar surface area (TPSA) is 61.4 Å². The van der Waals surface area contributed by atoms with Crippen molar-refractivity contribution >= 4 is 17.7 Å². The number of carbonyl (C=O) groups is 1. The second-order valence-electron chi connectivity index (χ2n) is 6.67. The molecule has 6 nitrogen and oxygen atoms in total. The summed E-state index contributed by atoms with van der Waals surface area (Å²) in [5.74, 6) is 0.741. The molecule has 1 N–H and O–H groups in total. The molecule has 1 aromatic carbocycles. The first-order valence-electron chi connectivity index (χ1n) is 8.99. The van der Waals surface area contributed by atoms with Gasteiger partial charge in [0.1, 0.15) is 0 Å². The highest BCUT2D eigenvalue weighted by atomic mass is 16.2. The Morgan fingerprint density at radius 3 is 2.80 bits per heavy atom. The SMILES string of the molecule is O=C(NC1CCCN(c2ncccn2)C1)N1CCCc2ccccc21. The Morgan fingerprint density at radius 2 is 1.92 bits per heavy atom. The zero-order chi connectivity index (χ0) is 17.1. The number of nitrogens with one attached hydrogen (secondary N) is 1. The molecule has 2 aliphatic rings. The summed E-state index contributed by atoms with van der Waals surface area (Å²) in [5, 5.41) is 3.22. The third-order valence-electron chi connectivity index (χ3n) is 4.94. The van der Waals surface area contributed by atoms with E-state index < -0.39 is 0 Å². The minimum atomic E-state index is 0.00739. The van der Waals surface area contributed by atoms with Gasteiger partial charge in [0.25, 0.3) is 0 Å². The Balaban J connectivity index is 1.43. The molecule has 2 amide bonds. The van der Waals surface area contributed by atoms with Crippen LogP contribution in [-0.4, -0.2) is 41.7 Å². The van der Waals surface area contributed by atoms with E-state index in [1.165, 1.54) is 5.56 Å². The number of benzene rings is 1. The number of rotatable bonds is 2. The summed E-state index contributed by atoms with van der Waals surface area (Å²) < 4.78 is 0. The number of aromatic nitrogens is 2. The zero-order valence-corrected chi connectivity index (χ0v) is 14.3. The monoisotopic (exact) mass is 337 g/mol. The van der Waals surface area contributed by atoms with Crippen molar-refractivity contribution in [2.45, 2.75) is 31.7 Å². The summed E-state index contributed by atoms with van der Waals surface area (Å²) in [7, 11) is 0. The highest BCUT2D eigenvalue weighted by Crippen LogP contribution is 2.27. The van der Waals surface area contributed by atoms with E-state index in [0.29, 0.717) is 0 Å². The zero-order valence-electron chi connectivity index (χ0n) is 14.3. The number of amides is 2. The molecular formula is C19H23N5O. The van der Waals surface area contributed by atoms with Crippen LogP contribution in [0.3, 0.4) is 0 Å². The van der Waals surface area contributed by atoms with Crippen LogP contribution in [0.15, 0.2) is 42.7 Å². The van der Waals surface area contributed by atoms with Crippen LogP contribution in [0.1, 0.15) is 24.8 Å². The number of aryl methyl sites for hydroxylation is 1. The van der Waals surface area contributed by atoms with Crippen molar-refractivity contribution in [1.29, 1.82) is 0 Å². The molecule has 1 saturated heterocycles. The van der Waals surface area contributed by atoms with Crippen molar-refractivity contribution in [3.63, 3.8) is 0 Å². The van der Waals surface area contributed by atoms with Crippen LogP contribution in [0.4, 0.5) is 16.4 Å². The number of hydrogen-bond acceptors (Lipinski definition) is 4. The fraction of sp³-hybridized carbons (Fsp3) is 0.421. The van der Waals surface area contributed by atoms with Gasteiger partial charge in [-0.05, 0) is 43.4 Å². The van der Waals surface area contributed by atoms with Gasteiger partial charge < -0.3 is 10.2 Å². The van der Waals surface area contributed by atoms with Crippen molar-refractivity contribution in [2.24, 2.45) is 0 Å². The fourth-order valence-corrected chi connectivity index (χ4v) is 3.73. The lowest BCUT2D eigenvalue weighted by Crippen LogP contribution is -2.52. The molecule has 0 radical (unpaired) electrons. The molecule has 6 heteroatoms. The van der Waals surface area contributed by atoms with E-state index in [1.54, 1.807) is 12.4 Å². The van der Waals surface area contributed by atoms with E-state index in [9.17, 15) is 4.79 Å². The fourth-order valence-electron chi connectivity index (χ4n) is 3.73. The van der Waals surface area contributed by atoms with Gasteiger partial charge >= 0.3 is 6.03 Å². The molecule has 1 atom stereocenters. The van der Waals surface area contributed by atoms with Crippen LogP contribution >= 0.6 is 0 Å². The first-order valence-corrected chi connectivity index (χ1v) is 8.99. The van der Waals surface area contributed by atoms with Crippen LogP contribution in [0.5, 0.6) is 0 Å². The van der Waals surface area contributed by atoms with Crippen molar-refractivity contribution in [3.05, 3.63) is 48.3 Å². The largest absolute Gasteiger partial charge is 0.339 e. The Morgan fingerprint density at radius 1 is 1.08 bits per heavy atom. The number of carbonyl (C=O) groups excluding carboxylic acids is 1. The number of urea groups is 1. The van der Waals surface area contributed by atoms with E-state index in [4.69, 9.17) is 0 Å². The summed E-state index contributed by atoms with van der Waals surface area (Å²) in [4.78, 5) is 25.5. The molecule has 1 fully saturated rings. The lowest BCUT2D eigenvalue weighted by Gasteiger charge is -2.35. The van der Waals surface area contributed by atoms with Crippen molar-refractivity contribution in [3.8, 4) is 0 Å². The molecule has 2 aromatic rings. The lowest BCUT2D eigenvalue weighted by atomic mass is 10.0. The van der Waals surface area contributed by atoms with Gasteiger partial charge in [0.2, 0.25) is 5.95 Å². The van der Waals surface area contributed by atoms with Gasteiger partial charge in [-0.1, -0.05) is 18.2 Å². The van der Waals surface area contributed by atoms with Gasteiger partial charge in [-0.2, -0.15) is 0 Å². The number of fused-ring (bicyclic) bond motifs is 1. The van der Waals surface area contributed by atoms with E-state index in [1.807, 2.05) is 29.2 Å². The number of nitrogens with zero attached hydrogens (tertiary/aromatic N) is 4. The second kappa shape index (κ2) is 7.09. The third kappa shape index (κ3) is 3.43. The van der Waals surface area contributed by atoms with Gasteiger partial charge in [-0.15, -0.1) is 0 Å². The van der Waals surface area contributed by atoms with Gasteiger partial charge in [-0.3, -0.25) is 4.90 Å². The Hall–Kier alpha value is -2.63. The van der Waals surface area contributed by atoms with Gasteiger partial charge in [0.05, 0.1) is 0 Å². The Labute approximate surface area is 147 Å². The molecule has 0 bridgehead atoms. The molecule has 4 rings (SSSR count). The van der Waals surface area contributed by atoms with Gasteiger partial charge in [0, 0.05) is 43.8 Å². The minimum absolute atomic E-state index is 0.00739. The van der Waals surface area contributed by atoms with E-state index in [2.05, 4.69) is 26.3 Å². The standard InChI is InChI=1S/C19H23N5O/c25-19(24-13-3-7-15-6-1-2-9-17(15)24)22-16-8-4-12-23(14-16)18-20-10-5-11-21-18/h1-2,5-6,9-11,16H,3-4,7-8,12-14H2,(H,22,25). The van der Waals surface area contributed by atoms with E-state index >= 15 is 0 Å². The quantitative estimate of drug-likeness (QED) is 0.915. The average molecular weight is 337 g/mol. The summed E-state index contributed by atoms with van der Waals surface area (Å²) in [6.07, 6.45) is 7.59. The van der Waals surface area contributed by atoms with Crippen LogP contribution in [-0.2, 0) is 6.42 Å². The number of piperidine rings is 1. The molecule has 0 saturated carbocycles. The maximum Gasteiger partial charge on any atom is 0.322 e. The van der Waals surface area contributed by atoms with Crippen LogP contribution in [0.2, 0.25) is 0 Å². The van der Waals surface area contributed by atoms with E-state index in [0.717, 1.165) is 57.0 Å². The first kappa shape index (κ1) is 15.9. The average Bonchev–Trinajstić information content (AvgIpc) is 2.68. The molecule has 0 spiro atoms. The maximum atomic E-state index is 12.8. The molecule has 130 valence electrons. The van der Waals surface area contributed by atoms with Crippen LogP contribution in [0, 0.1) is 0 Å². The molecule has 1 unspecified atom stereocenters. The summed E-state index contributed by atoms with van der Waals surface area (Å²) in [5.41, 5.74) is 2.30. The maximum absolute atomic E-state index is 12.8. The molecule has 2 aliphatic heterocycles. The van der Waals surface area contributed by atoms with Crippen molar-refractivity contribution < 1.29 is 4.79 Å². The smallest absolute Gasteiger partial charge is 0.322 e. The predicted octanol–water partition coefficient (Wildman–Crippen LogP) is 2.61. The number of para-hydroxylation sites is 1. The lowest BCUT2D eigenvalue weighted by molar-refractivity contribution is 0.240. The Bertz CT molecular complexity index is 736. The van der Waals surface area contributed by atoms with Crippen molar-refractivity contribution in [2.75, 3.05) is 29.4 Å². The molecule has 0 aliphatic carbocycles. The number of anilines is 2. The van der Waals surface area contributed by atoms with Gasteiger partial charge in [-0.25, -0.2) is 14.8 Å². The van der Waals surface area contributed by atoms with Crippen LogP contribution < -0.4 is 15.1 Å². The summed E-state index contributed by atoms with van der Waals surface area (Å²) in [6.45, 7) is 2.47. The highest BCUT2D eigenvalue weighted by Gasteiger charge is 2.27. The highest BCUT2D eigenvalue weighted by molar-refractivity contribution is 5.93.